The first-order valence-electron chi connectivity index (χ1n) is 9.84. The highest BCUT2D eigenvalue weighted by molar-refractivity contribution is 5.77. The number of nitrogens with zero attached hydrogens (tertiary/aromatic N) is 2. The molecule has 160 valence electrons. The van der Waals surface area contributed by atoms with Crippen molar-refractivity contribution in [1.82, 2.24) is 9.97 Å². The van der Waals surface area contributed by atoms with E-state index in [-0.39, 0.29) is 6.04 Å². The molecule has 0 amide bonds. The van der Waals surface area contributed by atoms with E-state index >= 15 is 0 Å². The average molecular weight is 406 g/mol. The average Bonchev–Trinajstić information content (AvgIpc) is 2.70. The quantitative estimate of drug-likeness (QED) is 0.612. The summed E-state index contributed by atoms with van der Waals surface area (Å²) in [5.74, 6) is 1.91. The van der Waals surface area contributed by atoms with Crippen LogP contribution in [0.1, 0.15) is 51.8 Å². The number of aromatic nitrogens is 2. The Morgan fingerprint density at radius 1 is 1.00 bits per heavy atom. The van der Waals surface area contributed by atoms with Crippen molar-refractivity contribution in [3.8, 4) is 28.6 Å². The highest BCUT2D eigenvalue weighted by Crippen LogP contribution is 2.43. The van der Waals surface area contributed by atoms with Crippen LogP contribution in [0.25, 0.3) is 11.3 Å². The van der Waals surface area contributed by atoms with Gasteiger partial charge in [0.2, 0.25) is 0 Å². The maximum atomic E-state index is 14.6. The summed E-state index contributed by atoms with van der Waals surface area (Å²) in [6.07, 6.45) is 1.93. The molecule has 0 unspecified atom stereocenters. The molecule has 1 aromatic heterocycles. The maximum Gasteiger partial charge on any atom is 0.257 e. The highest BCUT2D eigenvalue weighted by Gasteiger charge is 2.26. The topological polar surface area (TPSA) is 65.5 Å². The molecule has 0 saturated heterocycles. The lowest BCUT2D eigenvalue weighted by Gasteiger charge is -2.22. The third-order valence-corrected chi connectivity index (χ3v) is 4.99. The van der Waals surface area contributed by atoms with Crippen LogP contribution in [0, 0.1) is 6.92 Å². The summed E-state index contributed by atoms with van der Waals surface area (Å²) in [6.45, 7) is 9.09. The maximum absolute atomic E-state index is 14.6. The number of alkyl halides is 1. The van der Waals surface area contributed by atoms with Crippen molar-refractivity contribution < 1.29 is 18.6 Å². The van der Waals surface area contributed by atoms with Gasteiger partial charge in [0.05, 0.1) is 32.6 Å². The molecule has 0 aliphatic carbocycles. The minimum Gasteiger partial charge on any atom is -0.496 e. The van der Waals surface area contributed by atoms with E-state index in [0.717, 1.165) is 12.8 Å². The van der Waals surface area contributed by atoms with E-state index in [1.54, 1.807) is 19.2 Å². The van der Waals surface area contributed by atoms with E-state index in [1.807, 2.05) is 6.92 Å². The summed E-state index contributed by atoms with van der Waals surface area (Å²) in [5, 5.41) is 3.39. The fraction of sp³-hybridized carbons (Fsp3) is 0.545. The van der Waals surface area contributed by atoms with Gasteiger partial charge in [-0.15, -0.1) is 0 Å². The Morgan fingerprint density at radius 3 is 1.97 bits per heavy atom. The van der Waals surface area contributed by atoms with Gasteiger partial charge in [-0.2, -0.15) is 0 Å². The molecule has 0 aliphatic heterocycles. The molecule has 0 spiro atoms. The van der Waals surface area contributed by atoms with Crippen molar-refractivity contribution in [2.24, 2.45) is 0 Å². The van der Waals surface area contributed by atoms with Gasteiger partial charge in [-0.25, -0.2) is 14.4 Å². The predicted molar refractivity (Wildman–Crippen MR) is 114 cm³/mol. The van der Waals surface area contributed by atoms with E-state index in [0.29, 0.717) is 45.7 Å². The second-order valence-corrected chi connectivity index (χ2v) is 7.40. The van der Waals surface area contributed by atoms with E-state index in [2.05, 4.69) is 19.2 Å². The normalized spacial score (nSPS) is 11.5. The number of halogens is 1. The molecule has 0 bridgehead atoms. The number of nitrogens with one attached hydrogen (secondary N) is 1. The van der Waals surface area contributed by atoms with Crippen LogP contribution in [0.3, 0.4) is 0 Å². The zero-order chi connectivity index (χ0) is 21.8. The Kier molecular flexibility index (Phi) is 7.27. The van der Waals surface area contributed by atoms with Gasteiger partial charge in [0.25, 0.3) is 5.88 Å². The Balaban J connectivity index is 2.68. The molecule has 2 rings (SSSR count). The summed E-state index contributed by atoms with van der Waals surface area (Å²) < 4.78 is 31.2. The molecule has 0 radical (unpaired) electrons. The van der Waals surface area contributed by atoms with E-state index in [4.69, 9.17) is 24.2 Å². The van der Waals surface area contributed by atoms with Crippen molar-refractivity contribution in [3.63, 3.8) is 0 Å². The van der Waals surface area contributed by atoms with E-state index in [1.165, 1.54) is 28.1 Å². The van der Waals surface area contributed by atoms with Crippen molar-refractivity contribution in [2.75, 3.05) is 26.6 Å². The van der Waals surface area contributed by atoms with Gasteiger partial charge in [-0.05, 0) is 51.3 Å². The molecule has 6 nitrogen and oxygen atoms in total. The Bertz CT molecular complexity index is 821. The number of methoxy groups -OCH3 is 3. The standard InChI is InChI=1S/C22H32FN3O3/c1-9-15(10-2)25-20-21(29-8)26-19(13(3)24-20)18-16(27-6)11-14(22(4,5)23)12-17(18)28-7/h11-12,15H,9-10H2,1-8H3,(H,24,25). The van der Waals surface area contributed by atoms with Crippen molar-refractivity contribution >= 4 is 5.82 Å². The van der Waals surface area contributed by atoms with Crippen LogP contribution in [-0.4, -0.2) is 37.3 Å². The first-order chi connectivity index (χ1) is 13.7. The first kappa shape index (κ1) is 22.7. The molecule has 7 heteroatoms. The number of rotatable bonds is 9. The minimum absolute atomic E-state index is 0.276. The fourth-order valence-electron chi connectivity index (χ4n) is 3.15. The third kappa shape index (κ3) is 4.89. The molecule has 1 aromatic carbocycles. The van der Waals surface area contributed by atoms with Crippen LogP contribution in [0.4, 0.5) is 10.2 Å². The number of hydrogen-bond donors (Lipinski definition) is 1. The second kappa shape index (κ2) is 9.29. The van der Waals surface area contributed by atoms with Crippen molar-refractivity contribution in [2.45, 2.75) is 59.2 Å². The number of aryl methyl sites for hydroxylation is 1. The van der Waals surface area contributed by atoms with Gasteiger partial charge >= 0.3 is 0 Å². The molecule has 0 aliphatic rings. The molecule has 1 N–H and O–H groups in total. The molecule has 1 heterocycles. The molecule has 2 aromatic rings. The summed E-state index contributed by atoms with van der Waals surface area (Å²) in [5.41, 5.74) is 0.776. The van der Waals surface area contributed by atoms with Gasteiger partial charge < -0.3 is 19.5 Å². The third-order valence-electron chi connectivity index (χ3n) is 4.99. The summed E-state index contributed by atoms with van der Waals surface area (Å²) in [6, 6.07) is 3.61. The van der Waals surface area contributed by atoms with Crippen molar-refractivity contribution in [1.29, 1.82) is 0 Å². The molecule has 0 saturated carbocycles. The van der Waals surface area contributed by atoms with Crippen LogP contribution < -0.4 is 19.5 Å². The lowest BCUT2D eigenvalue weighted by atomic mass is 9.96. The van der Waals surface area contributed by atoms with Crippen LogP contribution in [0.2, 0.25) is 0 Å². The fourth-order valence-corrected chi connectivity index (χ4v) is 3.15. The van der Waals surface area contributed by atoms with Gasteiger partial charge in [0, 0.05) is 6.04 Å². The number of hydrogen-bond acceptors (Lipinski definition) is 6. The largest absolute Gasteiger partial charge is 0.496 e. The number of benzene rings is 1. The summed E-state index contributed by atoms with van der Waals surface area (Å²) >= 11 is 0. The van der Waals surface area contributed by atoms with Crippen molar-refractivity contribution in [3.05, 3.63) is 23.4 Å². The van der Waals surface area contributed by atoms with Crippen LogP contribution in [0.15, 0.2) is 12.1 Å². The van der Waals surface area contributed by atoms with Crippen LogP contribution >= 0.6 is 0 Å². The van der Waals surface area contributed by atoms with Gasteiger partial charge in [-0.3, -0.25) is 0 Å². The molecule has 29 heavy (non-hydrogen) atoms. The zero-order valence-electron chi connectivity index (χ0n) is 18.6. The predicted octanol–water partition coefficient (Wildman–Crippen LogP) is 5.28. The molecular formula is C22H32FN3O3. The minimum atomic E-state index is -1.54. The summed E-state index contributed by atoms with van der Waals surface area (Å²) in [7, 11) is 4.64. The smallest absolute Gasteiger partial charge is 0.257 e. The zero-order valence-corrected chi connectivity index (χ0v) is 18.6. The Labute approximate surface area is 172 Å². The van der Waals surface area contributed by atoms with Gasteiger partial charge in [0.15, 0.2) is 5.82 Å². The summed E-state index contributed by atoms with van der Waals surface area (Å²) in [4.78, 5) is 9.38. The second-order valence-electron chi connectivity index (χ2n) is 7.40. The van der Waals surface area contributed by atoms with Crippen LogP contribution in [-0.2, 0) is 5.67 Å². The Hall–Kier alpha value is -2.57. The highest BCUT2D eigenvalue weighted by atomic mass is 19.1. The van der Waals surface area contributed by atoms with Gasteiger partial charge in [-0.1, -0.05) is 13.8 Å². The molecular weight excluding hydrogens is 373 g/mol. The lowest BCUT2D eigenvalue weighted by molar-refractivity contribution is 0.220. The van der Waals surface area contributed by atoms with Gasteiger partial charge in [0.1, 0.15) is 22.9 Å². The molecule has 0 atom stereocenters. The Morgan fingerprint density at radius 2 is 1.55 bits per heavy atom. The van der Waals surface area contributed by atoms with E-state index < -0.39 is 5.67 Å². The first-order valence-corrected chi connectivity index (χ1v) is 9.84. The lowest BCUT2D eigenvalue weighted by Crippen LogP contribution is -2.19. The van der Waals surface area contributed by atoms with Crippen LogP contribution in [0.5, 0.6) is 17.4 Å². The monoisotopic (exact) mass is 405 g/mol. The SMILES string of the molecule is CCC(CC)Nc1nc(C)c(-c2c(OC)cc(C(C)(C)F)cc2OC)nc1OC. The van der Waals surface area contributed by atoms with E-state index in [9.17, 15) is 4.39 Å². The number of anilines is 1. The number of ether oxygens (including phenoxy) is 3. The molecule has 0 fully saturated rings.